The van der Waals surface area contributed by atoms with Crippen LogP contribution in [0.15, 0.2) is 48.8 Å². The molecule has 0 bridgehead atoms. The Bertz CT molecular complexity index is 1990. The van der Waals surface area contributed by atoms with Gasteiger partial charge in [0, 0.05) is 19.8 Å². The summed E-state index contributed by atoms with van der Waals surface area (Å²) in [6, 6.07) is 9.52. The summed E-state index contributed by atoms with van der Waals surface area (Å²) in [5, 5.41) is 6.49. The summed E-state index contributed by atoms with van der Waals surface area (Å²) in [5.74, 6) is -0.466. The van der Waals surface area contributed by atoms with E-state index in [1.54, 1.807) is 26.2 Å². The Kier molecular flexibility index (Phi) is 14.7. The Labute approximate surface area is 326 Å². The number of hydrogen-bond donors (Lipinski definition) is 6. The molecule has 6 atom stereocenters. The normalized spacial score (nSPS) is 14.9. The lowest BCUT2D eigenvalue weighted by molar-refractivity contribution is -0.144. The molecule has 0 aliphatic rings. The van der Waals surface area contributed by atoms with Gasteiger partial charge < -0.3 is 40.4 Å². The smallest absolute Gasteiger partial charge is 0.379 e. The largest absolute Gasteiger partial charge is 0.412 e. The first-order valence-corrected chi connectivity index (χ1v) is 18.4. The minimum atomic E-state index is -1.19. The van der Waals surface area contributed by atoms with Gasteiger partial charge in [-0.05, 0) is 67.3 Å². The molecule has 2 unspecified atom stereocenters. The minimum Gasteiger partial charge on any atom is -0.379 e. The summed E-state index contributed by atoms with van der Waals surface area (Å²) in [6.45, 7) is 15.5. The van der Waals surface area contributed by atoms with Crippen LogP contribution in [0.1, 0.15) is 76.4 Å². The maximum absolute atomic E-state index is 12.7. The van der Waals surface area contributed by atoms with E-state index in [0.717, 1.165) is 44.8 Å². The van der Waals surface area contributed by atoms with Crippen LogP contribution in [-0.2, 0) is 28.5 Å². The van der Waals surface area contributed by atoms with Crippen molar-refractivity contribution >= 4 is 24.1 Å². The molecule has 2 aromatic heterocycles. The zero-order valence-electron chi connectivity index (χ0n) is 33.6. The number of aromatic amines is 2. The molecule has 4 aromatic rings. The van der Waals surface area contributed by atoms with Gasteiger partial charge in [-0.1, -0.05) is 64.1 Å². The molecule has 0 saturated carbocycles. The molecule has 302 valence electrons. The topological polar surface area (TPSA) is 239 Å². The van der Waals surface area contributed by atoms with Gasteiger partial charge in [0.1, 0.15) is 23.7 Å². The van der Waals surface area contributed by atoms with Crippen molar-refractivity contribution in [2.45, 2.75) is 91.8 Å². The number of carbonyl (C=O) groups excluding carboxylic acids is 4. The van der Waals surface area contributed by atoms with Crippen molar-refractivity contribution in [1.82, 2.24) is 30.6 Å². The standard InChI is InChI=1S/C40H54N8O8/c1-19(2)31(47-33(23(7)53-9)37(49)55-39(41)51)35-43-17-29(45-35)26-13-11-25(12-14-26)27-15-16-28(22(6)21(27)5)30-18-44-36(46-30)32(20(3)4)48-34(24(8)54-10)38(50)56-40(42)52/h11-20,23-24,31-34,47-48H,1-10H3,(H2,41,51)(H2,42,52)(H,43,45)(H,44,46)/t23-,24-,31?,32?,33+,34+/m1/s1. The summed E-state index contributed by atoms with van der Waals surface area (Å²) in [5.41, 5.74) is 17.9. The Hall–Kier alpha value is -5.42. The van der Waals surface area contributed by atoms with Crippen molar-refractivity contribution in [3.05, 3.63) is 71.6 Å². The van der Waals surface area contributed by atoms with Gasteiger partial charge in [-0.2, -0.15) is 0 Å². The number of esters is 2. The van der Waals surface area contributed by atoms with Gasteiger partial charge in [0.2, 0.25) is 0 Å². The molecular weight excluding hydrogens is 720 g/mol. The predicted molar refractivity (Wildman–Crippen MR) is 210 cm³/mol. The molecule has 0 radical (unpaired) electrons. The van der Waals surface area contributed by atoms with Crippen molar-refractivity contribution in [3.63, 3.8) is 0 Å². The Morgan fingerprint density at radius 1 is 0.607 bits per heavy atom. The lowest BCUT2D eigenvalue weighted by atomic mass is 9.92. The van der Waals surface area contributed by atoms with E-state index >= 15 is 0 Å². The van der Waals surface area contributed by atoms with E-state index in [1.807, 2.05) is 39.8 Å². The molecule has 2 amide bonds. The van der Waals surface area contributed by atoms with E-state index < -0.39 is 60.5 Å². The van der Waals surface area contributed by atoms with Crippen molar-refractivity contribution < 1.29 is 38.1 Å². The first-order chi connectivity index (χ1) is 26.5. The number of methoxy groups -OCH3 is 2. The summed E-state index contributed by atoms with van der Waals surface area (Å²) in [7, 11) is 2.93. The molecule has 2 heterocycles. The highest BCUT2D eigenvalue weighted by atomic mass is 16.6. The number of carbonyl (C=O) groups is 4. The van der Waals surface area contributed by atoms with Gasteiger partial charge in [0.05, 0.1) is 48.1 Å². The summed E-state index contributed by atoms with van der Waals surface area (Å²) >= 11 is 0. The van der Waals surface area contributed by atoms with Crippen molar-refractivity contribution in [3.8, 4) is 33.6 Å². The second-order valence-electron chi connectivity index (χ2n) is 14.4. The SMILES string of the molecule is CO[C@H](C)[C@H](NC(c1ncc(-c2ccc(-c3ccc(-c4cnc(C(N[C@H](C(=O)OC(N)=O)[C@@H](C)OC)C(C)C)[nH]4)c(C)c3C)cc2)[nH]1)C(C)C)C(=O)OC(N)=O. The number of rotatable bonds is 17. The quantitative estimate of drug-likeness (QED) is 0.0586. The fourth-order valence-electron chi connectivity index (χ4n) is 6.48. The van der Waals surface area contributed by atoms with E-state index in [1.165, 1.54) is 14.2 Å². The molecule has 0 fully saturated rings. The van der Waals surface area contributed by atoms with Gasteiger partial charge >= 0.3 is 24.1 Å². The van der Waals surface area contributed by atoms with E-state index in [-0.39, 0.29) is 11.8 Å². The number of aromatic nitrogens is 4. The summed E-state index contributed by atoms with van der Waals surface area (Å²) in [6.07, 6.45) is -0.0995. The number of nitrogens with one attached hydrogen (secondary N) is 4. The zero-order chi connectivity index (χ0) is 41.4. The predicted octanol–water partition coefficient (Wildman–Crippen LogP) is 5.37. The number of H-pyrrole nitrogens is 2. The first-order valence-electron chi connectivity index (χ1n) is 18.4. The molecule has 0 aliphatic heterocycles. The summed E-state index contributed by atoms with van der Waals surface area (Å²) in [4.78, 5) is 64.1. The molecule has 0 spiro atoms. The molecule has 16 heteroatoms. The number of nitrogens with zero attached hydrogens (tertiary/aromatic N) is 2. The fourth-order valence-corrected chi connectivity index (χ4v) is 6.48. The number of amides is 2. The molecular formula is C40H54N8O8. The molecule has 2 aromatic carbocycles. The van der Waals surface area contributed by atoms with Crippen LogP contribution >= 0.6 is 0 Å². The van der Waals surface area contributed by atoms with Gasteiger partial charge in [0.25, 0.3) is 0 Å². The van der Waals surface area contributed by atoms with E-state index in [4.69, 9.17) is 20.9 Å². The zero-order valence-corrected chi connectivity index (χ0v) is 33.6. The van der Waals surface area contributed by atoms with Crippen molar-refractivity contribution in [1.29, 1.82) is 0 Å². The lowest BCUT2D eigenvalue weighted by Crippen LogP contribution is -2.50. The lowest BCUT2D eigenvalue weighted by Gasteiger charge is -2.28. The number of nitrogens with two attached hydrogens (primary N) is 2. The molecule has 16 nitrogen and oxygen atoms in total. The maximum atomic E-state index is 12.7. The molecule has 56 heavy (non-hydrogen) atoms. The average Bonchev–Trinajstić information content (AvgIpc) is 3.83. The second-order valence-corrected chi connectivity index (χ2v) is 14.4. The van der Waals surface area contributed by atoms with Crippen molar-refractivity contribution in [2.75, 3.05) is 14.2 Å². The fraction of sp³-hybridized carbons (Fsp3) is 0.450. The molecule has 0 saturated heterocycles. The monoisotopic (exact) mass is 774 g/mol. The third-order valence-corrected chi connectivity index (χ3v) is 10.0. The van der Waals surface area contributed by atoms with Crippen LogP contribution in [0, 0.1) is 25.7 Å². The summed E-state index contributed by atoms with van der Waals surface area (Å²) < 4.78 is 20.1. The highest BCUT2D eigenvalue weighted by molar-refractivity contribution is 5.88. The molecule has 4 rings (SSSR count). The van der Waals surface area contributed by atoms with Crippen LogP contribution in [0.2, 0.25) is 0 Å². The minimum absolute atomic E-state index is 0.00230. The third-order valence-electron chi connectivity index (χ3n) is 10.0. The Balaban J connectivity index is 1.55. The van der Waals surface area contributed by atoms with Crippen LogP contribution < -0.4 is 22.1 Å². The van der Waals surface area contributed by atoms with Gasteiger partial charge in [-0.15, -0.1) is 0 Å². The number of ether oxygens (including phenoxy) is 4. The second kappa shape index (κ2) is 18.9. The molecule has 8 N–H and O–H groups in total. The van der Waals surface area contributed by atoms with E-state index in [2.05, 4.69) is 78.2 Å². The van der Waals surface area contributed by atoms with Crippen LogP contribution in [0.25, 0.3) is 33.6 Å². The highest BCUT2D eigenvalue weighted by Crippen LogP contribution is 2.34. The molecule has 0 aliphatic carbocycles. The Morgan fingerprint density at radius 2 is 1.00 bits per heavy atom. The van der Waals surface area contributed by atoms with Crippen LogP contribution in [0.4, 0.5) is 9.59 Å². The third kappa shape index (κ3) is 10.3. The number of primary amides is 2. The highest BCUT2D eigenvalue weighted by Gasteiger charge is 2.34. The maximum Gasteiger partial charge on any atom is 0.412 e. The van der Waals surface area contributed by atoms with Crippen LogP contribution in [0.3, 0.4) is 0 Å². The van der Waals surface area contributed by atoms with Crippen LogP contribution in [-0.4, -0.2) is 82.6 Å². The van der Waals surface area contributed by atoms with E-state index in [9.17, 15) is 19.2 Å². The van der Waals surface area contributed by atoms with Crippen LogP contribution in [0.5, 0.6) is 0 Å². The number of imidazole rings is 2. The Morgan fingerprint density at radius 3 is 1.43 bits per heavy atom. The number of benzene rings is 2. The first kappa shape index (κ1) is 43.3. The van der Waals surface area contributed by atoms with Gasteiger partial charge in [-0.3, -0.25) is 10.6 Å². The van der Waals surface area contributed by atoms with E-state index in [0.29, 0.717) is 11.6 Å². The average molecular weight is 775 g/mol. The van der Waals surface area contributed by atoms with Gasteiger partial charge in [0.15, 0.2) is 0 Å². The number of hydrogen-bond acceptors (Lipinski definition) is 12. The van der Waals surface area contributed by atoms with Crippen molar-refractivity contribution in [2.24, 2.45) is 23.3 Å². The van der Waals surface area contributed by atoms with Gasteiger partial charge in [-0.25, -0.2) is 29.1 Å².